The Balaban J connectivity index is 1.42. The van der Waals surface area contributed by atoms with Gasteiger partial charge in [0.15, 0.2) is 0 Å². The van der Waals surface area contributed by atoms with Gasteiger partial charge in [0.2, 0.25) is 11.8 Å². The number of benzene rings is 2. The lowest BCUT2D eigenvalue weighted by Crippen LogP contribution is -2.53. The molecular formula is C25H26N4O4. The van der Waals surface area contributed by atoms with Crippen molar-refractivity contribution in [2.24, 2.45) is 0 Å². The number of hydrogen-bond donors (Lipinski definition) is 2. The largest absolute Gasteiger partial charge is 0.465 e. The van der Waals surface area contributed by atoms with Crippen molar-refractivity contribution in [2.75, 3.05) is 18.5 Å². The van der Waals surface area contributed by atoms with Crippen molar-refractivity contribution < 1.29 is 19.5 Å². The van der Waals surface area contributed by atoms with E-state index in [0.717, 1.165) is 45.7 Å². The molecule has 0 bridgehead atoms. The fourth-order valence-electron chi connectivity index (χ4n) is 4.52. The summed E-state index contributed by atoms with van der Waals surface area (Å²) in [6.07, 6.45) is 1.63. The third-order valence-corrected chi connectivity index (χ3v) is 6.41. The molecule has 0 spiro atoms. The van der Waals surface area contributed by atoms with Gasteiger partial charge in [-0.05, 0) is 47.6 Å². The lowest BCUT2D eigenvalue weighted by atomic mass is 9.98. The van der Waals surface area contributed by atoms with Gasteiger partial charge < -0.3 is 15.3 Å². The quantitative estimate of drug-likeness (QED) is 0.733. The van der Waals surface area contributed by atoms with E-state index in [2.05, 4.69) is 11.4 Å². The van der Waals surface area contributed by atoms with E-state index in [1.807, 2.05) is 42.5 Å². The fourth-order valence-corrected chi connectivity index (χ4v) is 4.52. The zero-order valence-electron chi connectivity index (χ0n) is 18.5. The van der Waals surface area contributed by atoms with Crippen LogP contribution < -0.4 is 10.2 Å². The number of carbonyl (C=O) groups is 3. The summed E-state index contributed by atoms with van der Waals surface area (Å²) >= 11 is 0. The van der Waals surface area contributed by atoms with E-state index in [1.165, 1.54) is 0 Å². The highest BCUT2D eigenvalue weighted by Gasteiger charge is 2.33. The van der Waals surface area contributed by atoms with Crippen molar-refractivity contribution >= 4 is 23.6 Å². The number of nitrogens with zero attached hydrogens (tertiary/aromatic N) is 3. The van der Waals surface area contributed by atoms with E-state index in [-0.39, 0.29) is 5.91 Å². The number of likely N-dealkylation sites (tertiary alicyclic amines) is 1. The molecule has 170 valence electrons. The lowest BCUT2D eigenvalue weighted by Gasteiger charge is -2.32. The summed E-state index contributed by atoms with van der Waals surface area (Å²) in [7, 11) is 1.78. The number of carbonyl (C=O) groups excluding carboxylic acids is 2. The van der Waals surface area contributed by atoms with Crippen LogP contribution in [-0.4, -0.2) is 53.6 Å². The molecule has 0 saturated carbocycles. The Bertz CT molecular complexity index is 1120. The highest BCUT2D eigenvalue weighted by molar-refractivity contribution is 6.01. The van der Waals surface area contributed by atoms with Crippen molar-refractivity contribution in [1.82, 2.24) is 10.2 Å². The predicted octanol–water partition coefficient (Wildman–Crippen LogP) is 2.96. The second-order valence-electron chi connectivity index (χ2n) is 8.55. The zero-order chi connectivity index (χ0) is 23.5. The molecule has 4 rings (SSSR count). The monoisotopic (exact) mass is 446 g/mol. The third-order valence-electron chi connectivity index (χ3n) is 6.41. The second-order valence-corrected chi connectivity index (χ2v) is 8.55. The molecule has 0 aliphatic carbocycles. The number of likely N-dealkylation sites (N-methyl/N-ethyl adjacent to an activating group) is 1. The Labute approximate surface area is 192 Å². The van der Waals surface area contributed by atoms with E-state index < -0.39 is 24.1 Å². The molecule has 1 fully saturated rings. The topological polar surface area (TPSA) is 114 Å². The Morgan fingerprint density at radius 2 is 1.91 bits per heavy atom. The summed E-state index contributed by atoms with van der Waals surface area (Å²) in [6.45, 7) is 0.332. The first-order valence-electron chi connectivity index (χ1n) is 11.1. The maximum absolute atomic E-state index is 12.7. The maximum atomic E-state index is 12.7. The molecule has 8 heteroatoms. The third kappa shape index (κ3) is 4.67. The Morgan fingerprint density at radius 3 is 2.61 bits per heavy atom. The molecule has 0 aromatic heterocycles. The van der Waals surface area contributed by atoms with Crippen LogP contribution in [0.25, 0.3) is 11.1 Å². The Morgan fingerprint density at radius 1 is 1.18 bits per heavy atom. The zero-order valence-corrected chi connectivity index (χ0v) is 18.5. The average molecular weight is 447 g/mol. The van der Waals surface area contributed by atoms with Crippen LogP contribution in [-0.2, 0) is 22.4 Å². The van der Waals surface area contributed by atoms with Gasteiger partial charge in [0.05, 0.1) is 12.5 Å². The van der Waals surface area contributed by atoms with Gasteiger partial charge in [0, 0.05) is 25.7 Å². The average Bonchev–Trinajstić information content (AvgIpc) is 3.11. The number of carboxylic acid groups (broad SMARTS) is 1. The number of piperidine rings is 1. The van der Waals surface area contributed by atoms with Crippen molar-refractivity contribution in [1.29, 1.82) is 5.26 Å². The van der Waals surface area contributed by atoms with E-state index in [9.17, 15) is 24.8 Å². The molecule has 2 aromatic rings. The van der Waals surface area contributed by atoms with E-state index in [1.54, 1.807) is 11.9 Å². The smallest absolute Gasteiger partial charge is 0.407 e. The second kappa shape index (κ2) is 9.33. The molecule has 2 aliphatic rings. The summed E-state index contributed by atoms with van der Waals surface area (Å²) in [5.74, 6) is -0.334. The van der Waals surface area contributed by atoms with Gasteiger partial charge in [-0.2, -0.15) is 5.26 Å². The molecule has 2 heterocycles. The first-order chi connectivity index (χ1) is 15.9. The van der Waals surface area contributed by atoms with Gasteiger partial charge >= 0.3 is 6.09 Å². The first kappa shape index (κ1) is 22.3. The first-order valence-corrected chi connectivity index (χ1v) is 11.1. The minimum atomic E-state index is -1.11. The number of nitriles is 1. The summed E-state index contributed by atoms with van der Waals surface area (Å²) in [5, 5.41) is 21.6. The number of fused-ring (bicyclic) bond motifs is 1. The van der Waals surface area contributed by atoms with Crippen LogP contribution in [0.1, 0.15) is 30.4 Å². The molecular weight excluding hydrogens is 420 g/mol. The lowest BCUT2D eigenvalue weighted by molar-refractivity contribution is -0.127. The molecule has 2 aromatic carbocycles. The standard InChI is InChI=1S/C25H26N4O4/c1-28-22-13-18(9-10-19(22)14-23(28)30)17-7-5-16(6-8-17)12-20(15-26)27-24(31)21-4-2-3-11-29(21)25(32)33/h5-10,13,20-21H,2-4,11-12,14H2,1H3,(H,27,31)(H,32,33)/t20-,21?/m0/s1. The minimum Gasteiger partial charge on any atom is -0.465 e. The normalized spacial score (nSPS) is 18.4. The molecule has 2 atom stereocenters. The molecule has 33 heavy (non-hydrogen) atoms. The predicted molar refractivity (Wildman–Crippen MR) is 123 cm³/mol. The molecule has 1 unspecified atom stereocenters. The van der Waals surface area contributed by atoms with E-state index in [0.29, 0.717) is 25.8 Å². The van der Waals surface area contributed by atoms with Gasteiger partial charge in [0.1, 0.15) is 12.1 Å². The van der Waals surface area contributed by atoms with Crippen molar-refractivity contribution in [3.05, 3.63) is 53.6 Å². The Kier molecular flexibility index (Phi) is 6.31. The molecule has 2 N–H and O–H groups in total. The van der Waals surface area contributed by atoms with Gasteiger partial charge in [-0.3, -0.25) is 14.5 Å². The Hall–Kier alpha value is -3.86. The number of anilines is 1. The van der Waals surface area contributed by atoms with Crippen molar-refractivity contribution in [3.8, 4) is 17.2 Å². The molecule has 8 nitrogen and oxygen atoms in total. The molecule has 0 radical (unpaired) electrons. The molecule has 1 saturated heterocycles. The van der Waals surface area contributed by atoms with Crippen LogP contribution >= 0.6 is 0 Å². The van der Waals surface area contributed by atoms with Crippen LogP contribution in [0.2, 0.25) is 0 Å². The van der Waals surface area contributed by atoms with E-state index >= 15 is 0 Å². The fraction of sp³-hybridized carbons (Fsp3) is 0.360. The highest BCUT2D eigenvalue weighted by Crippen LogP contribution is 2.32. The number of rotatable bonds is 5. The molecule has 3 amide bonds. The van der Waals surface area contributed by atoms with Gasteiger partial charge in [0.25, 0.3) is 0 Å². The molecule has 2 aliphatic heterocycles. The highest BCUT2D eigenvalue weighted by atomic mass is 16.4. The van der Waals surface area contributed by atoms with Crippen molar-refractivity contribution in [3.63, 3.8) is 0 Å². The van der Waals surface area contributed by atoms with Crippen LogP contribution in [0.15, 0.2) is 42.5 Å². The van der Waals surface area contributed by atoms with Gasteiger partial charge in [-0.1, -0.05) is 36.4 Å². The van der Waals surface area contributed by atoms with Crippen LogP contribution in [0, 0.1) is 11.3 Å². The van der Waals surface area contributed by atoms with E-state index in [4.69, 9.17) is 0 Å². The van der Waals surface area contributed by atoms with Crippen LogP contribution in [0.4, 0.5) is 10.5 Å². The summed E-state index contributed by atoms with van der Waals surface area (Å²) < 4.78 is 0. The van der Waals surface area contributed by atoms with Crippen LogP contribution in [0.3, 0.4) is 0 Å². The van der Waals surface area contributed by atoms with Gasteiger partial charge in [-0.15, -0.1) is 0 Å². The van der Waals surface area contributed by atoms with Gasteiger partial charge in [-0.25, -0.2) is 4.79 Å². The summed E-state index contributed by atoms with van der Waals surface area (Å²) in [5.41, 5.74) is 4.82. The minimum absolute atomic E-state index is 0.0850. The van der Waals surface area contributed by atoms with Crippen LogP contribution in [0.5, 0.6) is 0 Å². The SMILES string of the molecule is CN1C(=O)Cc2ccc(-c3ccc(C[C@@H](C#N)NC(=O)C4CCCCN4C(=O)O)cc3)cc21. The number of hydrogen-bond acceptors (Lipinski definition) is 4. The number of amides is 3. The van der Waals surface area contributed by atoms with Crippen molar-refractivity contribution in [2.45, 2.75) is 44.2 Å². The maximum Gasteiger partial charge on any atom is 0.407 e. The summed E-state index contributed by atoms with van der Waals surface area (Å²) in [6, 6.07) is 14.3. The summed E-state index contributed by atoms with van der Waals surface area (Å²) in [4.78, 5) is 38.8. The number of nitrogens with one attached hydrogen (secondary N) is 1.